The van der Waals surface area contributed by atoms with Crippen LogP contribution in [-0.4, -0.2) is 10.5 Å². The third-order valence-corrected chi connectivity index (χ3v) is 2.75. The van der Waals surface area contributed by atoms with Gasteiger partial charge in [0.1, 0.15) is 6.54 Å². The fraction of sp³-hybridized carbons (Fsp3) is 0.143. The monoisotopic (exact) mass is 257 g/mol. The van der Waals surface area contributed by atoms with E-state index in [2.05, 4.69) is 5.32 Å². The highest BCUT2D eigenvalue weighted by atomic mass is 16.2. The summed E-state index contributed by atoms with van der Waals surface area (Å²) in [5, 5.41) is 2.76. The van der Waals surface area contributed by atoms with Crippen LogP contribution in [0.4, 0.5) is 11.4 Å². The molecule has 0 saturated heterocycles. The van der Waals surface area contributed by atoms with Gasteiger partial charge in [0, 0.05) is 35.9 Å². The molecule has 0 fully saturated rings. The van der Waals surface area contributed by atoms with Crippen molar-refractivity contribution >= 4 is 17.3 Å². The summed E-state index contributed by atoms with van der Waals surface area (Å²) >= 11 is 0. The second kappa shape index (κ2) is 5.39. The van der Waals surface area contributed by atoms with Crippen LogP contribution in [0.5, 0.6) is 0 Å². The number of anilines is 2. The van der Waals surface area contributed by atoms with Gasteiger partial charge in [-0.25, -0.2) is 0 Å². The van der Waals surface area contributed by atoms with Crippen molar-refractivity contribution in [3.8, 4) is 0 Å². The average Bonchev–Trinajstić information content (AvgIpc) is 2.37. The third-order valence-electron chi connectivity index (χ3n) is 2.75. The van der Waals surface area contributed by atoms with Crippen LogP contribution in [0.3, 0.4) is 0 Å². The lowest BCUT2D eigenvalue weighted by atomic mass is 10.2. The first kappa shape index (κ1) is 12.9. The van der Waals surface area contributed by atoms with E-state index >= 15 is 0 Å². The number of amides is 1. The molecule has 0 spiro atoms. The number of aryl methyl sites for hydroxylation is 1. The standard InChI is InChI=1S/C14H15N3O2/c1-10-2-3-11(8-13(10)15)16-14(19)9-17-6-4-12(18)5-7-17/h2-8H,9,15H2,1H3,(H,16,19). The van der Waals surface area contributed by atoms with E-state index in [4.69, 9.17) is 5.73 Å². The van der Waals surface area contributed by atoms with E-state index in [9.17, 15) is 9.59 Å². The minimum Gasteiger partial charge on any atom is -0.398 e. The molecule has 5 heteroatoms. The Morgan fingerprint density at radius 2 is 1.95 bits per heavy atom. The van der Waals surface area contributed by atoms with E-state index in [1.807, 2.05) is 13.0 Å². The van der Waals surface area contributed by atoms with Gasteiger partial charge in [0.2, 0.25) is 5.91 Å². The van der Waals surface area contributed by atoms with Crippen molar-refractivity contribution in [1.29, 1.82) is 0 Å². The number of nitrogens with two attached hydrogens (primary N) is 1. The number of benzene rings is 1. The van der Waals surface area contributed by atoms with Gasteiger partial charge in [-0.2, -0.15) is 0 Å². The maximum absolute atomic E-state index is 11.8. The van der Waals surface area contributed by atoms with E-state index in [0.717, 1.165) is 5.56 Å². The molecule has 0 saturated carbocycles. The number of rotatable bonds is 3. The topological polar surface area (TPSA) is 77.1 Å². The largest absolute Gasteiger partial charge is 0.398 e. The van der Waals surface area contributed by atoms with Gasteiger partial charge < -0.3 is 15.6 Å². The molecule has 1 heterocycles. The molecule has 98 valence electrons. The number of aromatic nitrogens is 1. The van der Waals surface area contributed by atoms with Gasteiger partial charge in [-0.1, -0.05) is 6.07 Å². The lowest BCUT2D eigenvalue weighted by Gasteiger charge is -2.09. The minimum atomic E-state index is -0.174. The Kier molecular flexibility index (Phi) is 3.66. The van der Waals surface area contributed by atoms with E-state index in [0.29, 0.717) is 11.4 Å². The molecule has 0 atom stereocenters. The van der Waals surface area contributed by atoms with Crippen LogP contribution in [0.2, 0.25) is 0 Å². The quantitative estimate of drug-likeness (QED) is 0.815. The van der Waals surface area contributed by atoms with E-state index in [1.165, 1.54) is 12.1 Å². The number of nitrogens with one attached hydrogen (secondary N) is 1. The normalized spacial score (nSPS) is 10.2. The Morgan fingerprint density at radius 1 is 1.26 bits per heavy atom. The molecule has 0 radical (unpaired) electrons. The van der Waals surface area contributed by atoms with Crippen molar-refractivity contribution in [2.45, 2.75) is 13.5 Å². The first-order chi connectivity index (χ1) is 9.04. The summed E-state index contributed by atoms with van der Waals surface area (Å²) in [4.78, 5) is 22.8. The molecule has 1 aromatic carbocycles. The Hall–Kier alpha value is -2.56. The van der Waals surface area contributed by atoms with Crippen LogP contribution < -0.4 is 16.5 Å². The highest BCUT2D eigenvalue weighted by molar-refractivity contribution is 5.91. The van der Waals surface area contributed by atoms with Crippen LogP contribution in [0.15, 0.2) is 47.5 Å². The lowest BCUT2D eigenvalue weighted by Crippen LogP contribution is -2.19. The second-order valence-corrected chi connectivity index (χ2v) is 4.33. The van der Waals surface area contributed by atoms with Crippen LogP contribution in [-0.2, 0) is 11.3 Å². The molecule has 2 aromatic rings. The van der Waals surface area contributed by atoms with E-state index in [-0.39, 0.29) is 17.9 Å². The molecule has 0 unspecified atom stereocenters. The molecule has 19 heavy (non-hydrogen) atoms. The highest BCUT2D eigenvalue weighted by Crippen LogP contribution is 2.16. The van der Waals surface area contributed by atoms with E-state index < -0.39 is 0 Å². The summed E-state index contributed by atoms with van der Waals surface area (Å²) < 4.78 is 1.63. The number of hydrogen-bond donors (Lipinski definition) is 2. The summed E-state index contributed by atoms with van der Waals surface area (Å²) in [6.45, 7) is 2.05. The SMILES string of the molecule is Cc1ccc(NC(=O)Cn2ccc(=O)cc2)cc1N. The number of carbonyl (C=O) groups is 1. The lowest BCUT2D eigenvalue weighted by molar-refractivity contribution is -0.116. The first-order valence-corrected chi connectivity index (χ1v) is 5.87. The van der Waals surface area contributed by atoms with Gasteiger partial charge in [-0.05, 0) is 24.6 Å². The zero-order chi connectivity index (χ0) is 13.8. The molecule has 1 amide bonds. The van der Waals surface area contributed by atoms with Gasteiger partial charge in [0.15, 0.2) is 5.43 Å². The van der Waals surface area contributed by atoms with Gasteiger partial charge in [-0.15, -0.1) is 0 Å². The zero-order valence-electron chi connectivity index (χ0n) is 10.6. The summed E-state index contributed by atoms with van der Waals surface area (Å²) in [6.07, 6.45) is 3.15. The average molecular weight is 257 g/mol. The molecule has 2 rings (SSSR count). The maximum Gasteiger partial charge on any atom is 0.244 e. The number of carbonyl (C=O) groups excluding carboxylic acids is 1. The van der Waals surface area contributed by atoms with Crippen molar-refractivity contribution in [2.75, 3.05) is 11.1 Å². The maximum atomic E-state index is 11.8. The van der Waals surface area contributed by atoms with Gasteiger partial charge in [0.25, 0.3) is 0 Å². The first-order valence-electron chi connectivity index (χ1n) is 5.87. The third kappa shape index (κ3) is 3.45. The number of hydrogen-bond acceptors (Lipinski definition) is 3. The van der Waals surface area contributed by atoms with Crippen molar-refractivity contribution in [2.24, 2.45) is 0 Å². The summed E-state index contributed by atoms with van der Waals surface area (Å²) in [7, 11) is 0. The summed E-state index contributed by atoms with van der Waals surface area (Å²) in [5.74, 6) is -0.174. The minimum absolute atomic E-state index is 0.0806. The van der Waals surface area contributed by atoms with Gasteiger partial charge in [0.05, 0.1) is 0 Å². The molecule has 5 nitrogen and oxygen atoms in total. The van der Waals surface area contributed by atoms with Gasteiger partial charge >= 0.3 is 0 Å². The Balaban J connectivity index is 2.03. The second-order valence-electron chi connectivity index (χ2n) is 4.33. The highest BCUT2D eigenvalue weighted by Gasteiger charge is 2.03. The van der Waals surface area contributed by atoms with Crippen molar-refractivity contribution < 1.29 is 4.79 Å². The molecular weight excluding hydrogens is 242 g/mol. The molecule has 0 aliphatic carbocycles. The zero-order valence-corrected chi connectivity index (χ0v) is 10.6. The smallest absolute Gasteiger partial charge is 0.244 e. The fourth-order valence-electron chi connectivity index (χ4n) is 1.63. The van der Waals surface area contributed by atoms with Crippen LogP contribution >= 0.6 is 0 Å². The van der Waals surface area contributed by atoms with Crippen molar-refractivity contribution in [3.63, 3.8) is 0 Å². The molecule has 0 aliphatic heterocycles. The summed E-state index contributed by atoms with van der Waals surface area (Å²) in [6, 6.07) is 8.20. The Labute approximate surface area is 110 Å². The molecule has 1 aromatic heterocycles. The van der Waals surface area contributed by atoms with Crippen molar-refractivity contribution in [3.05, 3.63) is 58.5 Å². The Bertz CT molecular complexity index is 641. The molecule has 0 bridgehead atoms. The molecular formula is C14H15N3O2. The predicted molar refractivity (Wildman–Crippen MR) is 74.9 cm³/mol. The fourth-order valence-corrected chi connectivity index (χ4v) is 1.63. The predicted octanol–water partition coefficient (Wildman–Crippen LogP) is 1.38. The number of nitrogens with zero attached hydrogens (tertiary/aromatic N) is 1. The Morgan fingerprint density at radius 3 is 2.58 bits per heavy atom. The van der Waals surface area contributed by atoms with E-state index in [1.54, 1.807) is 29.1 Å². The van der Waals surface area contributed by atoms with Gasteiger partial charge in [-0.3, -0.25) is 9.59 Å². The molecule has 0 aliphatic rings. The van der Waals surface area contributed by atoms with Crippen LogP contribution in [0, 0.1) is 6.92 Å². The summed E-state index contributed by atoms with van der Waals surface area (Å²) in [5.41, 5.74) is 7.97. The number of nitrogen functional groups attached to an aromatic ring is 1. The molecule has 3 N–H and O–H groups in total. The van der Waals surface area contributed by atoms with Crippen molar-refractivity contribution in [1.82, 2.24) is 4.57 Å². The number of pyridine rings is 1. The van der Waals surface area contributed by atoms with Crippen LogP contribution in [0.1, 0.15) is 5.56 Å². The van der Waals surface area contributed by atoms with Crippen LogP contribution in [0.25, 0.3) is 0 Å².